The van der Waals surface area contributed by atoms with Crippen LogP contribution in [0.25, 0.3) is 10.1 Å². The molecule has 1 aliphatic heterocycles. The first-order valence-electron chi connectivity index (χ1n) is 10.7. The zero-order valence-electron chi connectivity index (χ0n) is 18.5. The number of anilines is 1. The number of hydrogen-bond donors (Lipinski definition) is 1. The Hall–Kier alpha value is -1.79. The van der Waals surface area contributed by atoms with Crippen molar-refractivity contribution >= 4 is 49.5 Å². The molecule has 1 fully saturated rings. The Kier molecular flexibility index (Phi) is 8.08. The van der Waals surface area contributed by atoms with Gasteiger partial charge >= 0.3 is 6.36 Å². The lowest BCUT2D eigenvalue weighted by molar-refractivity contribution is -0.274. The number of thiophene rings is 1. The van der Waals surface area contributed by atoms with Crippen molar-refractivity contribution in [2.75, 3.05) is 35.4 Å². The fraction of sp³-hybridized carbons (Fsp3) is 0.391. The number of hydrogen-bond acceptors (Lipinski definition) is 5. The molecule has 2 heterocycles. The second kappa shape index (κ2) is 10.9. The fourth-order valence-electron chi connectivity index (χ4n) is 4.16. The van der Waals surface area contributed by atoms with Crippen LogP contribution >= 0.6 is 23.1 Å². The van der Waals surface area contributed by atoms with Gasteiger partial charge in [-0.2, -0.15) is 11.8 Å². The first kappa shape index (κ1) is 25.3. The molecular weight excluding hydrogens is 505 g/mol. The Labute approximate surface area is 207 Å². The minimum absolute atomic E-state index is 0.0870. The van der Waals surface area contributed by atoms with Crippen molar-refractivity contribution in [2.24, 2.45) is 0 Å². The molecule has 184 valence electrons. The number of rotatable bonds is 8. The molecule has 0 saturated carbocycles. The molecule has 0 amide bonds. The smallest absolute Gasteiger partial charge is 0.406 e. The Balaban J connectivity index is 1.59. The van der Waals surface area contributed by atoms with E-state index < -0.39 is 17.6 Å². The molecule has 1 N–H and O–H groups in total. The number of fused-ring (bicyclic) bond motifs is 1. The number of alkyl halides is 3. The highest BCUT2D eigenvalue weighted by Gasteiger charge is 2.31. The number of benzene rings is 2. The van der Waals surface area contributed by atoms with Crippen LogP contribution in [0.2, 0.25) is 0 Å². The first-order valence-corrected chi connectivity index (χ1v) is 13.8. The number of thioether (sulfide) groups is 1. The molecule has 2 atom stereocenters. The van der Waals surface area contributed by atoms with Crippen LogP contribution in [0.5, 0.6) is 5.75 Å². The maximum Gasteiger partial charge on any atom is 0.573 e. The first-order chi connectivity index (χ1) is 16.2. The average Bonchev–Trinajstić information content (AvgIpc) is 3.13. The van der Waals surface area contributed by atoms with Gasteiger partial charge in [-0.05, 0) is 48.1 Å². The lowest BCUT2D eigenvalue weighted by atomic mass is 10.0. The van der Waals surface area contributed by atoms with Crippen LogP contribution in [0.4, 0.5) is 18.2 Å². The monoisotopic (exact) mass is 530 g/mol. The summed E-state index contributed by atoms with van der Waals surface area (Å²) in [6.07, 6.45) is -4.20. The van der Waals surface area contributed by atoms with Gasteiger partial charge in [0.2, 0.25) is 0 Å². The third kappa shape index (κ3) is 6.25. The molecule has 4 rings (SSSR count). The van der Waals surface area contributed by atoms with E-state index in [2.05, 4.69) is 9.64 Å². The van der Waals surface area contributed by atoms with Gasteiger partial charge in [-0.3, -0.25) is 13.8 Å². The van der Waals surface area contributed by atoms with Gasteiger partial charge in [0.15, 0.2) is 0 Å². The van der Waals surface area contributed by atoms with E-state index >= 15 is 0 Å². The molecule has 1 aliphatic rings. The minimum Gasteiger partial charge on any atom is -0.406 e. The van der Waals surface area contributed by atoms with Crippen molar-refractivity contribution in [1.82, 2.24) is 4.90 Å². The van der Waals surface area contributed by atoms with Crippen LogP contribution in [0.15, 0.2) is 48.5 Å². The van der Waals surface area contributed by atoms with Crippen LogP contribution in [-0.2, 0) is 17.7 Å². The van der Waals surface area contributed by atoms with Gasteiger partial charge in [-0.25, -0.2) is 4.21 Å². The van der Waals surface area contributed by atoms with Crippen molar-refractivity contribution in [3.8, 4) is 5.75 Å². The van der Waals surface area contributed by atoms with Crippen molar-refractivity contribution < 1.29 is 26.7 Å². The fourth-order valence-corrected chi connectivity index (χ4v) is 7.10. The molecule has 34 heavy (non-hydrogen) atoms. The van der Waals surface area contributed by atoms with Gasteiger partial charge in [0.05, 0.1) is 6.54 Å². The molecule has 0 radical (unpaired) electrons. The molecule has 0 aliphatic carbocycles. The zero-order valence-corrected chi connectivity index (χ0v) is 20.9. The minimum atomic E-state index is -4.73. The van der Waals surface area contributed by atoms with Crippen molar-refractivity contribution in [3.63, 3.8) is 0 Å². The Morgan fingerprint density at radius 1 is 1.15 bits per heavy atom. The average molecular weight is 531 g/mol. The summed E-state index contributed by atoms with van der Waals surface area (Å²) in [6.45, 7) is 3.98. The zero-order chi connectivity index (χ0) is 24.3. The Bertz CT molecular complexity index is 1130. The predicted molar refractivity (Wildman–Crippen MR) is 134 cm³/mol. The van der Waals surface area contributed by atoms with Crippen LogP contribution in [-0.4, -0.2) is 57.2 Å². The van der Waals surface area contributed by atoms with E-state index in [4.69, 9.17) is 0 Å². The van der Waals surface area contributed by atoms with E-state index in [1.54, 1.807) is 12.1 Å². The topological polar surface area (TPSA) is 53.0 Å². The van der Waals surface area contributed by atoms with Crippen LogP contribution < -0.4 is 9.04 Å². The Morgan fingerprint density at radius 2 is 1.82 bits per heavy atom. The van der Waals surface area contributed by atoms with Gasteiger partial charge in [-0.1, -0.05) is 30.3 Å². The summed E-state index contributed by atoms with van der Waals surface area (Å²) in [5.41, 5.74) is 1.80. The molecule has 3 aromatic rings. The van der Waals surface area contributed by atoms with Crippen LogP contribution in [0.1, 0.15) is 11.1 Å². The molecule has 11 heteroatoms. The number of aryl methyl sites for hydroxylation is 1. The highest BCUT2D eigenvalue weighted by Crippen LogP contribution is 2.38. The normalized spacial score (nSPS) is 17.0. The van der Waals surface area contributed by atoms with E-state index in [9.17, 15) is 21.9 Å². The van der Waals surface area contributed by atoms with Gasteiger partial charge < -0.3 is 4.74 Å². The van der Waals surface area contributed by atoms with Crippen LogP contribution in [0, 0.1) is 6.92 Å². The highest BCUT2D eigenvalue weighted by atomic mass is 32.2. The molecular formula is C23H25F3N2O3S3. The van der Waals surface area contributed by atoms with E-state index in [1.807, 2.05) is 43.0 Å². The second-order valence-corrected chi connectivity index (χ2v) is 11.2. The summed E-state index contributed by atoms with van der Waals surface area (Å²) in [5.74, 6) is 1.68. The van der Waals surface area contributed by atoms with E-state index in [0.717, 1.165) is 50.8 Å². The van der Waals surface area contributed by atoms with Crippen molar-refractivity contribution in [1.29, 1.82) is 0 Å². The van der Waals surface area contributed by atoms with E-state index in [0.29, 0.717) is 13.0 Å². The van der Waals surface area contributed by atoms with Crippen LogP contribution in [0.3, 0.4) is 0 Å². The summed E-state index contributed by atoms with van der Waals surface area (Å²) in [7, 11) is 0. The molecule has 0 spiro atoms. The standard InChI is InChI=1S/C23H25F3N2O3S3/c1-16-20-4-2-3-5-21(20)33-22(16)28(34(29)30)15-18(27-10-12-32-13-11-27)14-17-6-8-19(9-7-17)31-23(24,25)26/h2-9,18H,10-15H2,1H3,(H,29,30). The highest BCUT2D eigenvalue weighted by molar-refractivity contribution is 7.99. The number of halogens is 3. The lowest BCUT2D eigenvalue weighted by Crippen LogP contribution is -2.49. The quantitative estimate of drug-likeness (QED) is 0.378. The molecule has 1 aromatic heterocycles. The summed E-state index contributed by atoms with van der Waals surface area (Å²) in [5, 5.41) is 1.82. The molecule has 5 nitrogen and oxygen atoms in total. The van der Waals surface area contributed by atoms with Gasteiger partial charge in [-0.15, -0.1) is 24.5 Å². The van der Waals surface area contributed by atoms with E-state index in [1.165, 1.54) is 27.8 Å². The van der Waals surface area contributed by atoms with Gasteiger partial charge in [0.25, 0.3) is 11.3 Å². The SMILES string of the molecule is Cc1c(N(CC(Cc2ccc(OC(F)(F)F)cc2)N2CCSCC2)S(=O)O)sc2ccccc12. The molecule has 2 aromatic carbocycles. The third-order valence-corrected chi connectivity index (χ3v) is 8.86. The molecule has 1 saturated heterocycles. The molecule has 2 unspecified atom stereocenters. The summed E-state index contributed by atoms with van der Waals surface area (Å²) in [4.78, 5) is 2.30. The lowest BCUT2D eigenvalue weighted by Gasteiger charge is -2.37. The third-order valence-electron chi connectivity index (χ3n) is 5.80. The van der Waals surface area contributed by atoms with E-state index in [-0.39, 0.29) is 11.8 Å². The second-order valence-electron chi connectivity index (χ2n) is 8.02. The predicted octanol–water partition coefficient (Wildman–Crippen LogP) is 5.71. The summed E-state index contributed by atoms with van der Waals surface area (Å²) < 4.78 is 66.8. The largest absolute Gasteiger partial charge is 0.573 e. The Morgan fingerprint density at radius 3 is 2.44 bits per heavy atom. The summed E-state index contributed by atoms with van der Waals surface area (Å²) >= 11 is 1.14. The van der Waals surface area contributed by atoms with Gasteiger partial charge in [0.1, 0.15) is 10.8 Å². The maximum atomic E-state index is 12.5. The van der Waals surface area contributed by atoms with Crippen molar-refractivity contribution in [3.05, 3.63) is 59.7 Å². The molecule has 0 bridgehead atoms. The maximum absolute atomic E-state index is 12.5. The van der Waals surface area contributed by atoms with Crippen molar-refractivity contribution in [2.45, 2.75) is 25.7 Å². The van der Waals surface area contributed by atoms with Gasteiger partial charge in [0, 0.05) is 35.3 Å². The number of nitrogens with zero attached hydrogens (tertiary/aromatic N) is 2. The summed E-state index contributed by atoms with van der Waals surface area (Å²) in [6, 6.07) is 13.7. The number of ether oxygens (including phenoxy) is 1.